The average Bonchev–Trinajstić information content (AvgIpc) is 2.53. The summed E-state index contributed by atoms with van der Waals surface area (Å²) in [6.07, 6.45) is 4.25. The molecule has 4 nitrogen and oxygen atoms in total. The first-order chi connectivity index (χ1) is 10.5. The fourth-order valence-corrected chi connectivity index (χ4v) is 2.76. The molecule has 0 bridgehead atoms. The predicted molar refractivity (Wildman–Crippen MR) is 86.6 cm³/mol. The third-order valence-electron chi connectivity index (χ3n) is 4.16. The number of nitriles is 1. The second kappa shape index (κ2) is 5.42. The van der Waals surface area contributed by atoms with E-state index in [1.807, 2.05) is 6.07 Å². The van der Waals surface area contributed by atoms with Crippen LogP contribution in [0.15, 0.2) is 30.6 Å². The minimum Gasteiger partial charge on any atom is -0.351 e. The Bertz CT molecular complexity index is 720. The Morgan fingerprint density at radius 3 is 2.59 bits per heavy atom. The highest BCUT2D eigenvalue weighted by molar-refractivity contribution is 5.45. The number of hydrogen-bond acceptors (Lipinski definition) is 4. The van der Waals surface area contributed by atoms with Crippen molar-refractivity contribution in [2.24, 2.45) is 0 Å². The molecule has 0 saturated heterocycles. The molecule has 112 valence electrons. The minimum atomic E-state index is 0.158. The van der Waals surface area contributed by atoms with Crippen LogP contribution in [0.25, 0.3) is 0 Å². The molecule has 2 heterocycles. The van der Waals surface area contributed by atoms with Crippen molar-refractivity contribution in [1.29, 1.82) is 5.26 Å². The molecule has 1 aliphatic heterocycles. The Hall–Kier alpha value is -2.41. The first-order valence-corrected chi connectivity index (χ1v) is 7.57. The molecule has 0 radical (unpaired) electrons. The van der Waals surface area contributed by atoms with Gasteiger partial charge in [0.1, 0.15) is 11.9 Å². The van der Waals surface area contributed by atoms with Crippen LogP contribution in [0.5, 0.6) is 0 Å². The number of anilines is 1. The molecule has 0 N–H and O–H groups in total. The van der Waals surface area contributed by atoms with E-state index in [1.165, 1.54) is 22.9 Å². The van der Waals surface area contributed by atoms with Crippen LogP contribution in [-0.2, 0) is 18.4 Å². The molecule has 3 rings (SSSR count). The molecular weight excluding hydrogens is 272 g/mol. The van der Waals surface area contributed by atoms with Crippen LogP contribution < -0.4 is 4.90 Å². The van der Waals surface area contributed by atoms with Crippen molar-refractivity contribution in [3.05, 3.63) is 53.0 Å². The number of hydrogen-bond donors (Lipinski definition) is 0. The summed E-state index contributed by atoms with van der Waals surface area (Å²) in [6, 6.07) is 8.83. The molecule has 0 saturated carbocycles. The van der Waals surface area contributed by atoms with Gasteiger partial charge in [0.2, 0.25) is 0 Å². The molecule has 2 aromatic rings. The fraction of sp³-hybridized carbons (Fsp3) is 0.389. The lowest BCUT2D eigenvalue weighted by Gasteiger charge is -2.31. The van der Waals surface area contributed by atoms with E-state index in [9.17, 15) is 0 Å². The molecule has 4 heteroatoms. The van der Waals surface area contributed by atoms with Crippen LogP contribution in [0.4, 0.5) is 5.82 Å². The number of nitrogens with zero attached hydrogens (tertiary/aromatic N) is 4. The molecule has 0 aliphatic carbocycles. The highest BCUT2D eigenvalue weighted by Gasteiger charge is 2.21. The largest absolute Gasteiger partial charge is 0.351 e. The summed E-state index contributed by atoms with van der Waals surface area (Å²) in [5.41, 5.74) is 4.66. The lowest BCUT2D eigenvalue weighted by molar-refractivity contribution is 0.587. The first kappa shape index (κ1) is 14.5. The van der Waals surface area contributed by atoms with Crippen molar-refractivity contribution < 1.29 is 0 Å². The van der Waals surface area contributed by atoms with Crippen molar-refractivity contribution in [3.8, 4) is 6.07 Å². The van der Waals surface area contributed by atoms with Crippen LogP contribution >= 0.6 is 0 Å². The summed E-state index contributed by atoms with van der Waals surface area (Å²) >= 11 is 0. The van der Waals surface area contributed by atoms with Gasteiger partial charge < -0.3 is 4.90 Å². The number of aromatic nitrogens is 2. The average molecular weight is 292 g/mol. The number of rotatable bonds is 1. The Kier molecular flexibility index (Phi) is 3.58. The lowest BCUT2D eigenvalue weighted by Crippen LogP contribution is -2.31. The van der Waals surface area contributed by atoms with E-state index in [-0.39, 0.29) is 5.41 Å². The molecule has 22 heavy (non-hydrogen) atoms. The van der Waals surface area contributed by atoms with Crippen LogP contribution in [0.3, 0.4) is 0 Å². The van der Waals surface area contributed by atoms with Crippen LogP contribution in [0, 0.1) is 11.3 Å². The van der Waals surface area contributed by atoms with Gasteiger partial charge in [0.15, 0.2) is 5.69 Å². The van der Waals surface area contributed by atoms with Gasteiger partial charge in [-0.25, -0.2) is 9.97 Å². The number of fused-ring (bicyclic) bond motifs is 1. The molecule has 0 spiro atoms. The van der Waals surface area contributed by atoms with Gasteiger partial charge in [-0.1, -0.05) is 39.0 Å². The van der Waals surface area contributed by atoms with E-state index in [0.29, 0.717) is 5.69 Å². The quantitative estimate of drug-likeness (QED) is 0.810. The Morgan fingerprint density at radius 1 is 1.14 bits per heavy atom. The maximum absolute atomic E-state index is 8.81. The summed E-state index contributed by atoms with van der Waals surface area (Å²) in [5, 5.41) is 8.81. The number of benzene rings is 1. The van der Waals surface area contributed by atoms with E-state index >= 15 is 0 Å². The molecule has 1 aliphatic rings. The normalized spacial score (nSPS) is 14.4. The van der Waals surface area contributed by atoms with Gasteiger partial charge in [0, 0.05) is 13.1 Å². The molecule has 1 aromatic heterocycles. The Labute approximate surface area is 131 Å². The molecule has 0 atom stereocenters. The summed E-state index contributed by atoms with van der Waals surface area (Å²) in [4.78, 5) is 10.7. The van der Waals surface area contributed by atoms with Gasteiger partial charge >= 0.3 is 0 Å². The molecule has 0 unspecified atom stereocenters. The van der Waals surface area contributed by atoms with E-state index in [1.54, 1.807) is 6.20 Å². The lowest BCUT2D eigenvalue weighted by atomic mass is 9.84. The van der Waals surface area contributed by atoms with Crippen molar-refractivity contribution >= 4 is 5.82 Å². The van der Waals surface area contributed by atoms with E-state index in [0.717, 1.165) is 25.3 Å². The maximum Gasteiger partial charge on any atom is 0.158 e. The molecular formula is C18H20N4. The second-order valence-corrected chi connectivity index (χ2v) is 6.78. The highest BCUT2D eigenvalue weighted by atomic mass is 15.2. The topological polar surface area (TPSA) is 52.8 Å². The Balaban J connectivity index is 1.87. The zero-order chi connectivity index (χ0) is 15.7. The smallest absolute Gasteiger partial charge is 0.158 e. The minimum absolute atomic E-state index is 0.158. The van der Waals surface area contributed by atoms with Crippen molar-refractivity contribution in [2.75, 3.05) is 11.4 Å². The van der Waals surface area contributed by atoms with E-state index < -0.39 is 0 Å². The molecule has 0 amide bonds. The van der Waals surface area contributed by atoms with Crippen molar-refractivity contribution in [1.82, 2.24) is 9.97 Å². The molecule has 1 aromatic carbocycles. The van der Waals surface area contributed by atoms with E-state index in [2.05, 4.69) is 53.8 Å². The monoisotopic (exact) mass is 292 g/mol. The summed E-state index contributed by atoms with van der Waals surface area (Å²) in [7, 11) is 0. The zero-order valence-corrected chi connectivity index (χ0v) is 13.3. The standard InChI is InChI=1S/C18H20N4/c1-18(2,3)15-5-4-13-6-7-22(12-14(13)8-15)17-11-20-16(9-19)10-21-17/h4-5,8,10-11H,6-7,12H2,1-3H3. The van der Waals surface area contributed by atoms with Crippen molar-refractivity contribution in [3.63, 3.8) is 0 Å². The third kappa shape index (κ3) is 2.80. The van der Waals surface area contributed by atoms with Gasteiger partial charge in [-0.3, -0.25) is 0 Å². The summed E-state index contributed by atoms with van der Waals surface area (Å²) in [5.74, 6) is 0.839. The predicted octanol–water partition coefficient (Wildman–Crippen LogP) is 3.21. The SMILES string of the molecule is CC(C)(C)c1ccc2c(c1)CN(c1cnc(C#N)cn1)CC2. The van der Waals surface area contributed by atoms with Gasteiger partial charge in [0.05, 0.1) is 12.4 Å². The highest BCUT2D eigenvalue weighted by Crippen LogP contribution is 2.28. The van der Waals surface area contributed by atoms with Gasteiger partial charge in [-0.2, -0.15) is 5.26 Å². The van der Waals surface area contributed by atoms with E-state index in [4.69, 9.17) is 5.26 Å². The third-order valence-corrected chi connectivity index (χ3v) is 4.16. The van der Waals surface area contributed by atoms with Crippen molar-refractivity contribution in [2.45, 2.75) is 39.2 Å². The van der Waals surface area contributed by atoms with Gasteiger partial charge in [-0.15, -0.1) is 0 Å². The Morgan fingerprint density at radius 2 is 1.95 bits per heavy atom. The summed E-state index contributed by atoms with van der Waals surface area (Å²) < 4.78 is 0. The maximum atomic E-state index is 8.81. The first-order valence-electron chi connectivity index (χ1n) is 7.57. The zero-order valence-electron chi connectivity index (χ0n) is 13.3. The molecule has 0 fully saturated rings. The van der Waals surface area contributed by atoms with Crippen LogP contribution in [0.1, 0.15) is 43.2 Å². The van der Waals surface area contributed by atoms with Gasteiger partial charge in [-0.05, 0) is 28.5 Å². The fourth-order valence-electron chi connectivity index (χ4n) is 2.76. The summed E-state index contributed by atoms with van der Waals surface area (Å²) in [6.45, 7) is 8.49. The van der Waals surface area contributed by atoms with Crippen LogP contribution in [-0.4, -0.2) is 16.5 Å². The second-order valence-electron chi connectivity index (χ2n) is 6.78. The van der Waals surface area contributed by atoms with Crippen LogP contribution in [0.2, 0.25) is 0 Å². The van der Waals surface area contributed by atoms with Gasteiger partial charge in [0.25, 0.3) is 0 Å².